The highest BCUT2D eigenvalue weighted by Crippen LogP contribution is 1.94. The van der Waals surface area contributed by atoms with E-state index in [2.05, 4.69) is 12.2 Å². The van der Waals surface area contributed by atoms with Gasteiger partial charge < -0.3 is 5.73 Å². The smallest absolute Gasteiger partial charge is 0.0157 e. The lowest BCUT2D eigenvalue weighted by molar-refractivity contribution is 1.36. The van der Waals surface area contributed by atoms with Crippen molar-refractivity contribution in [3.8, 4) is 0 Å². The molecule has 0 fully saturated rings. The standard InChI is InChI=1S/C2H6NPS/c3-1-2-4-5/h2,5H,1,3H2. The van der Waals surface area contributed by atoms with Gasteiger partial charge in [-0.15, -0.1) is 12.2 Å². The van der Waals surface area contributed by atoms with Gasteiger partial charge in [-0.2, -0.15) is 0 Å². The van der Waals surface area contributed by atoms with Gasteiger partial charge in [0.05, 0.1) is 0 Å². The zero-order chi connectivity index (χ0) is 4.12. The fraction of sp³-hybridized carbons (Fsp3) is 0.500. The fourth-order valence-electron chi connectivity index (χ4n) is 0.0471. The highest BCUT2D eigenvalue weighted by molar-refractivity contribution is 8.37. The molecule has 2 N–H and O–H groups in total. The van der Waals surface area contributed by atoms with Crippen molar-refractivity contribution < 1.29 is 0 Å². The minimum Gasteiger partial charge on any atom is -0.327 e. The summed E-state index contributed by atoms with van der Waals surface area (Å²) >= 11 is 3.84. The van der Waals surface area contributed by atoms with Crippen molar-refractivity contribution >= 4 is 25.5 Å². The molecular weight excluding hydrogens is 101 g/mol. The van der Waals surface area contributed by atoms with Gasteiger partial charge in [0.15, 0.2) is 0 Å². The zero-order valence-corrected chi connectivity index (χ0v) is 4.55. The van der Waals surface area contributed by atoms with Gasteiger partial charge in [0.2, 0.25) is 0 Å². The summed E-state index contributed by atoms with van der Waals surface area (Å²) in [6.45, 7) is 0.630. The van der Waals surface area contributed by atoms with Crippen LogP contribution in [0.25, 0.3) is 0 Å². The molecule has 5 heavy (non-hydrogen) atoms. The van der Waals surface area contributed by atoms with Crippen molar-refractivity contribution in [3.05, 3.63) is 0 Å². The molecule has 0 aliphatic heterocycles. The molecule has 0 aromatic rings. The second-order valence-corrected chi connectivity index (χ2v) is 1.82. The quantitative estimate of drug-likeness (QED) is 0.371. The summed E-state index contributed by atoms with van der Waals surface area (Å²) in [6.07, 6.45) is 0. The monoisotopic (exact) mass is 107 g/mol. The molecule has 3 heteroatoms. The molecule has 0 rings (SSSR count). The third-order valence-electron chi connectivity index (χ3n) is 0.187. The lowest BCUT2D eigenvalue weighted by atomic mass is 10.8. The first-order chi connectivity index (χ1) is 2.41. The Morgan fingerprint density at radius 3 is 2.60 bits per heavy atom. The van der Waals surface area contributed by atoms with Crippen molar-refractivity contribution in [2.45, 2.75) is 0 Å². The van der Waals surface area contributed by atoms with Gasteiger partial charge in [-0.3, -0.25) is 0 Å². The Morgan fingerprint density at radius 1 is 2.00 bits per heavy atom. The number of hydrogen-bond acceptors (Lipinski definition) is 2. The van der Waals surface area contributed by atoms with E-state index < -0.39 is 0 Å². The molecule has 0 aliphatic carbocycles. The van der Waals surface area contributed by atoms with Gasteiger partial charge in [0, 0.05) is 6.54 Å². The molecule has 1 nitrogen and oxygen atoms in total. The molecule has 0 saturated carbocycles. The Labute approximate surface area is 38.5 Å². The largest absolute Gasteiger partial charge is 0.327 e. The van der Waals surface area contributed by atoms with Crippen LogP contribution in [0.5, 0.6) is 0 Å². The summed E-state index contributed by atoms with van der Waals surface area (Å²) in [5.41, 5.74) is 5.03. The van der Waals surface area contributed by atoms with Crippen LogP contribution >= 0.6 is 19.7 Å². The van der Waals surface area contributed by atoms with Crippen LogP contribution in [0.4, 0.5) is 0 Å². The van der Waals surface area contributed by atoms with Crippen LogP contribution in [-0.2, 0) is 0 Å². The van der Waals surface area contributed by atoms with E-state index in [9.17, 15) is 0 Å². The van der Waals surface area contributed by atoms with E-state index in [0.717, 1.165) is 7.41 Å². The highest BCUT2D eigenvalue weighted by atomic mass is 32.7. The summed E-state index contributed by atoms with van der Waals surface area (Å²) in [7, 11) is 0.974. The first kappa shape index (κ1) is 5.48. The van der Waals surface area contributed by atoms with E-state index in [4.69, 9.17) is 5.73 Å². The maximum atomic E-state index is 5.03. The van der Waals surface area contributed by atoms with Gasteiger partial charge in [-0.25, -0.2) is 0 Å². The van der Waals surface area contributed by atoms with E-state index in [1.165, 1.54) is 0 Å². The van der Waals surface area contributed by atoms with Gasteiger partial charge >= 0.3 is 0 Å². The predicted molar refractivity (Wildman–Crippen MR) is 31.0 cm³/mol. The number of rotatable bonds is 1. The molecule has 0 heterocycles. The molecule has 0 radical (unpaired) electrons. The Morgan fingerprint density at radius 2 is 2.60 bits per heavy atom. The maximum absolute atomic E-state index is 5.03. The van der Waals surface area contributed by atoms with Crippen molar-refractivity contribution in [2.75, 3.05) is 6.54 Å². The molecule has 0 atom stereocenters. The van der Waals surface area contributed by atoms with E-state index in [1.54, 1.807) is 0 Å². The van der Waals surface area contributed by atoms with Crippen molar-refractivity contribution in [2.24, 2.45) is 5.73 Å². The van der Waals surface area contributed by atoms with Crippen LogP contribution in [0, 0.1) is 0 Å². The molecule has 0 aromatic carbocycles. The molecule has 0 spiro atoms. The minimum absolute atomic E-state index is 0.630. The van der Waals surface area contributed by atoms with Crippen molar-refractivity contribution in [3.63, 3.8) is 0 Å². The summed E-state index contributed by atoms with van der Waals surface area (Å²) in [5.74, 6) is 1.86. The Balaban J connectivity index is 2.62. The normalized spacial score (nSPS) is 10.0. The Hall–Kier alpha value is 0.480. The maximum Gasteiger partial charge on any atom is 0.0157 e. The lowest BCUT2D eigenvalue weighted by Crippen LogP contribution is -1.95. The Bertz CT molecular complexity index is 36.6. The Kier molecular flexibility index (Phi) is 4.91. The third-order valence-corrected chi connectivity index (χ3v) is 1.05. The van der Waals surface area contributed by atoms with Gasteiger partial charge in [-0.05, 0) is 13.2 Å². The van der Waals surface area contributed by atoms with Crippen molar-refractivity contribution in [1.82, 2.24) is 0 Å². The van der Waals surface area contributed by atoms with Gasteiger partial charge in [0.25, 0.3) is 0 Å². The van der Waals surface area contributed by atoms with E-state index in [-0.39, 0.29) is 0 Å². The summed E-state index contributed by atoms with van der Waals surface area (Å²) < 4.78 is 0. The fourth-order valence-corrected chi connectivity index (χ4v) is 0.424. The average molecular weight is 107 g/mol. The molecule has 30 valence electrons. The molecule has 0 bridgehead atoms. The van der Waals surface area contributed by atoms with Gasteiger partial charge in [0.1, 0.15) is 0 Å². The average Bonchev–Trinajstić information content (AvgIpc) is 1.41. The lowest BCUT2D eigenvalue weighted by Gasteiger charge is -1.65. The second kappa shape index (κ2) is 4.48. The van der Waals surface area contributed by atoms with Crippen LogP contribution in [-0.4, -0.2) is 12.3 Å². The SMILES string of the molecule is NCC=PS. The zero-order valence-electron chi connectivity index (χ0n) is 2.76. The van der Waals surface area contributed by atoms with Crippen LogP contribution in [0.2, 0.25) is 0 Å². The molecule has 0 aromatic heterocycles. The highest BCUT2D eigenvalue weighted by Gasteiger charge is 1.52. The first-order valence-electron chi connectivity index (χ1n) is 1.27. The van der Waals surface area contributed by atoms with E-state index in [1.807, 2.05) is 5.80 Å². The van der Waals surface area contributed by atoms with Gasteiger partial charge in [-0.1, -0.05) is 0 Å². The molecule has 0 saturated heterocycles. The molecular formula is C2H6NPS. The van der Waals surface area contributed by atoms with E-state index in [0.29, 0.717) is 6.54 Å². The van der Waals surface area contributed by atoms with Crippen LogP contribution in [0.15, 0.2) is 0 Å². The minimum atomic E-state index is 0.630. The second-order valence-electron chi connectivity index (χ2n) is 0.534. The molecule has 0 unspecified atom stereocenters. The summed E-state index contributed by atoms with van der Waals surface area (Å²) in [5, 5.41) is 0. The topological polar surface area (TPSA) is 26.0 Å². The van der Waals surface area contributed by atoms with Crippen LogP contribution in [0.3, 0.4) is 0 Å². The summed E-state index contributed by atoms with van der Waals surface area (Å²) in [4.78, 5) is 0. The number of hydrogen-bond donors (Lipinski definition) is 2. The predicted octanol–water partition coefficient (Wildman–Crippen LogP) is 0.538. The number of nitrogens with two attached hydrogens (primary N) is 1. The number of thiol groups is 1. The third kappa shape index (κ3) is 4.48. The molecule has 0 aliphatic rings. The van der Waals surface area contributed by atoms with Crippen molar-refractivity contribution in [1.29, 1.82) is 0 Å². The first-order valence-corrected chi connectivity index (χ1v) is 3.39. The van der Waals surface area contributed by atoms with E-state index >= 15 is 0 Å². The van der Waals surface area contributed by atoms with Crippen LogP contribution in [0.1, 0.15) is 0 Å². The van der Waals surface area contributed by atoms with Crippen LogP contribution < -0.4 is 5.73 Å². The summed E-state index contributed by atoms with van der Waals surface area (Å²) in [6, 6.07) is 0. The molecule has 0 amide bonds.